The number of carbonyl (C=O) groups excluding carboxylic acids is 2. The van der Waals surface area contributed by atoms with Crippen LogP contribution in [0.15, 0.2) is 48.5 Å². The molecule has 1 aliphatic heterocycles. The molecule has 3 amide bonds. The van der Waals surface area contributed by atoms with Crippen LogP contribution >= 0.6 is 0 Å². The Morgan fingerprint density at radius 3 is 2.36 bits per heavy atom. The van der Waals surface area contributed by atoms with Gasteiger partial charge in [-0.15, -0.1) is 0 Å². The molecular formula is C27H23F4N3O5. The molecule has 2 N–H and O–H groups in total. The number of ether oxygens (including phenoxy) is 1. The number of anilines is 1. The van der Waals surface area contributed by atoms with Crippen molar-refractivity contribution in [3.8, 4) is 5.75 Å². The number of carbonyl (C=O) groups is 3. The number of hydrogen-bond acceptors (Lipinski definition) is 4. The van der Waals surface area contributed by atoms with Gasteiger partial charge in [-0.1, -0.05) is 6.07 Å². The highest BCUT2D eigenvalue weighted by Crippen LogP contribution is 2.37. The molecule has 0 radical (unpaired) electrons. The fraction of sp³-hybridized carbons (Fsp3) is 0.222. The number of benzene rings is 3. The molecule has 0 aliphatic carbocycles. The molecule has 0 saturated heterocycles. The Morgan fingerprint density at radius 2 is 1.69 bits per heavy atom. The second-order valence-corrected chi connectivity index (χ2v) is 8.90. The fourth-order valence-corrected chi connectivity index (χ4v) is 4.18. The van der Waals surface area contributed by atoms with E-state index in [-0.39, 0.29) is 23.4 Å². The van der Waals surface area contributed by atoms with Crippen molar-refractivity contribution >= 4 is 23.6 Å². The van der Waals surface area contributed by atoms with Crippen molar-refractivity contribution in [3.05, 3.63) is 94.1 Å². The molecule has 3 aromatic rings. The Morgan fingerprint density at radius 1 is 1.00 bits per heavy atom. The van der Waals surface area contributed by atoms with Crippen LogP contribution in [0.3, 0.4) is 0 Å². The monoisotopic (exact) mass is 545 g/mol. The zero-order valence-electron chi connectivity index (χ0n) is 20.8. The molecule has 0 bridgehead atoms. The van der Waals surface area contributed by atoms with Crippen LogP contribution in [-0.4, -0.2) is 41.6 Å². The molecule has 8 nitrogen and oxygen atoms in total. The van der Waals surface area contributed by atoms with Gasteiger partial charge in [0.25, 0.3) is 5.91 Å². The van der Waals surface area contributed by atoms with Crippen LogP contribution in [0.5, 0.6) is 5.75 Å². The summed E-state index contributed by atoms with van der Waals surface area (Å²) < 4.78 is 60.9. The van der Waals surface area contributed by atoms with Crippen molar-refractivity contribution in [1.82, 2.24) is 10.2 Å². The predicted molar refractivity (Wildman–Crippen MR) is 131 cm³/mol. The first-order chi connectivity index (χ1) is 18.5. The number of carboxylic acids is 1. The number of nitrogens with one attached hydrogen (secondary N) is 1. The Labute approximate surface area is 220 Å². The Bertz CT molecular complexity index is 1440. The van der Waals surface area contributed by atoms with E-state index in [2.05, 4.69) is 5.32 Å². The molecule has 0 fully saturated rings. The number of urea groups is 1. The summed E-state index contributed by atoms with van der Waals surface area (Å²) in [5.41, 5.74) is 0.550. The third kappa shape index (κ3) is 5.79. The van der Waals surface area contributed by atoms with Gasteiger partial charge in [-0.05, 0) is 42.8 Å². The van der Waals surface area contributed by atoms with E-state index in [0.29, 0.717) is 23.4 Å². The van der Waals surface area contributed by atoms with E-state index < -0.39 is 65.9 Å². The first-order valence-corrected chi connectivity index (χ1v) is 11.7. The number of amides is 3. The number of nitrogens with zero attached hydrogens (tertiary/aromatic N) is 2. The lowest BCUT2D eigenvalue weighted by Gasteiger charge is -2.39. The highest BCUT2D eigenvalue weighted by Gasteiger charge is 2.34. The molecule has 39 heavy (non-hydrogen) atoms. The summed E-state index contributed by atoms with van der Waals surface area (Å²) in [6.45, 7) is 0.315. The first-order valence-electron chi connectivity index (χ1n) is 11.7. The Balaban J connectivity index is 1.62. The van der Waals surface area contributed by atoms with Crippen molar-refractivity contribution in [2.45, 2.75) is 26.1 Å². The van der Waals surface area contributed by atoms with Crippen LogP contribution in [0, 0.1) is 23.3 Å². The van der Waals surface area contributed by atoms with Gasteiger partial charge in [0.05, 0.1) is 18.3 Å². The predicted octanol–water partition coefficient (Wildman–Crippen LogP) is 4.77. The molecule has 12 heteroatoms. The SMILES string of the molecule is CC1c2ccc(C(=O)NCc3c(F)cc(F)cc3F)cc2N(Cc2cc(OCC(=O)O)ccc2F)C(=O)N1C. The molecule has 1 unspecified atom stereocenters. The number of fused-ring (bicyclic) bond motifs is 1. The fourth-order valence-electron chi connectivity index (χ4n) is 4.18. The summed E-state index contributed by atoms with van der Waals surface area (Å²) in [4.78, 5) is 39.6. The lowest BCUT2D eigenvalue weighted by molar-refractivity contribution is -0.139. The van der Waals surface area contributed by atoms with Gasteiger partial charge in [0.15, 0.2) is 6.61 Å². The summed E-state index contributed by atoms with van der Waals surface area (Å²) >= 11 is 0. The van der Waals surface area contributed by atoms with Gasteiger partial charge < -0.3 is 20.1 Å². The van der Waals surface area contributed by atoms with E-state index in [0.717, 1.165) is 6.07 Å². The smallest absolute Gasteiger partial charge is 0.341 e. The van der Waals surface area contributed by atoms with Crippen molar-refractivity contribution in [3.63, 3.8) is 0 Å². The summed E-state index contributed by atoms with van der Waals surface area (Å²) in [7, 11) is 1.57. The molecule has 1 aliphatic rings. The minimum Gasteiger partial charge on any atom is -0.482 e. The van der Waals surface area contributed by atoms with Gasteiger partial charge in [0, 0.05) is 42.4 Å². The molecule has 1 heterocycles. The minimum atomic E-state index is -1.22. The Hall–Kier alpha value is -4.61. The minimum absolute atomic E-state index is 0.0391. The first kappa shape index (κ1) is 27.4. The summed E-state index contributed by atoms with van der Waals surface area (Å²) in [6.07, 6.45) is 0. The largest absolute Gasteiger partial charge is 0.482 e. The number of rotatable bonds is 8. The molecule has 4 rings (SSSR count). The van der Waals surface area contributed by atoms with Crippen molar-refractivity contribution in [1.29, 1.82) is 0 Å². The van der Waals surface area contributed by atoms with Gasteiger partial charge in [0.1, 0.15) is 29.0 Å². The molecule has 204 valence electrons. The number of aliphatic carboxylic acids is 1. The van der Waals surface area contributed by atoms with Crippen LogP contribution in [0.4, 0.5) is 28.0 Å². The van der Waals surface area contributed by atoms with Crippen LogP contribution in [0.25, 0.3) is 0 Å². The molecule has 0 spiro atoms. The second-order valence-electron chi connectivity index (χ2n) is 8.90. The van der Waals surface area contributed by atoms with Crippen LogP contribution < -0.4 is 15.0 Å². The number of carboxylic acid groups (broad SMARTS) is 1. The summed E-state index contributed by atoms with van der Waals surface area (Å²) in [5.74, 6) is -5.89. The van der Waals surface area contributed by atoms with Crippen LogP contribution in [0.2, 0.25) is 0 Å². The second kappa shape index (κ2) is 11.0. The molecule has 1 atom stereocenters. The van der Waals surface area contributed by atoms with Crippen molar-refractivity contribution in [2.24, 2.45) is 0 Å². The maximum Gasteiger partial charge on any atom is 0.341 e. The molecule has 0 aromatic heterocycles. The third-order valence-corrected chi connectivity index (χ3v) is 6.39. The quantitative estimate of drug-likeness (QED) is 0.398. The molecule has 0 saturated carbocycles. The number of halogens is 4. The molecule has 3 aromatic carbocycles. The number of hydrogen-bond donors (Lipinski definition) is 2. The Kier molecular flexibility index (Phi) is 7.75. The summed E-state index contributed by atoms with van der Waals surface area (Å²) in [6, 6.07) is 8.27. The zero-order chi connectivity index (χ0) is 28.4. The van der Waals surface area contributed by atoms with E-state index in [1.165, 1.54) is 34.1 Å². The van der Waals surface area contributed by atoms with Crippen molar-refractivity contribution in [2.75, 3.05) is 18.6 Å². The van der Waals surface area contributed by atoms with Gasteiger partial charge in [-0.25, -0.2) is 27.2 Å². The van der Waals surface area contributed by atoms with E-state index >= 15 is 0 Å². The average molecular weight is 545 g/mol. The highest BCUT2D eigenvalue weighted by atomic mass is 19.1. The van der Waals surface area contributed by atoms with E-state index in [1.807, 2.05) is 0 Å². The maximum absolute atomic E-state index is 14.7. The maximum atomic E-state index is 14.7. The standard InChI is InChI=1S/C27H23F4N3O5/c1-14-19-5-3-15(26(37)32-11-20-22(30)9-17(28)10-23(20)31)8-24(19)34(27(38)33(14)2)12-16-7-18(4-6-21(16)29)39-13-25(35)36/h3-10,14H,11-13H2,1-2H3,(H,32,37)(H,35,36). The van der Waals surface area contributed by atoms with Crippen molar-refractivity contribution < 1.29 is 41.8 Å². The van der Waals surface area contributed by atoms with E-state index in [9.17, 15) is 31.9 Å². The van der Waals surface area contributed by atoms with E-state index in [1.54, 1.807) is 20.0 Å². The van der Waals surface area contributed by atoms with Gasteiger partial charge in [0.2, 0.25) is 0 Å². The van der Waals surface area contributed by atoms with Gasteiger partial charge in [-0.3, -0.25) is 9.69 Å². The summed E-state index contributed by atoms with van der Waals surface area (Å²) in [5, 5.41) is 11.2. The molecular weight excluding hydrogens is 522 g/mol. The zero-order valence-corrected chi connectivity index (χ0v) is 20.8. The lowest BCUT2D eigenvalue weighted by Crippen LogP contribution is -2.46. The van der Waals surface area contributed by atoms with Crippen LogP contribution in [0.1, 0.15) is 40.0 Å². The van der Waals surface area contributed by atoms with Gasteiger partial charge in [-0.2, -0.15) is 0 Å². The topological polar surface area (TPSA) is 99.2 Å². The highest BCUT2D eigenvalue weighted by molar-refractivity contribution is 5.99. The van der Waals surface area contributed by atoms with Crippen LogP contribution in [-0.2, 0) is 17.9 Å². The average Bonchev–Trinajstić information content (AvgIpc) is 2.88. The normalized spacial score (nSPS) is 14.7. The van der Waals surface area contributed by atoms with E-state index in [4.69, 9.17) is 9.84 Å². The lowest BCUT2D eigenvalue weighted by atomic mass is 9.98. The third-order valence-electron chi connectivity index (χ3n) is 6.39. The van der Waals surface area contributed by atoms with Gasteiger partial charge >= 0.3 is 12.0 Å².